The number of benzene rings is 2. The molecule has 0 spiro atoms. The van der Waals surface area contributed by atoms with Crippen LogP contribution in [0.15, 0.2) is 53.4 Å². The van der Waals surface area contributed by atoms with E-state index in [2.05, 4.69) is 17.4 Å². The van der Waals surface area contributed by atoms with E-state index in [-0.39, 0.29) is 29.3 Å². The molecule has 0 fully saturated rings. The molecule has 2 aromatic rings. The molecule has 1 N–H and O–H groups in total. The first-order valence-electron chi connectivity index (χ1n) is 8.88. The molecule has 0 radical (unpaired) electrons. The summed E-state index contributed by atoms with van der Waals surface area (Å²) in [4.78, 5) is 24.3. The van der Waals surface area contributed by atoms with Crippen LogP contribution < -0.4 is 5.32 Å². The Hall–Kier alpha value is -2.67. The van der Waals surface area contributed by atoms with Crippen molar-refractivity contribution in [2.24, 2.45) is 0 Å². The fraction of sp³-hybridized carbons (Fsp3) is 0.300. The molecule has 0 unspecified atom stereocenters. The first-order valence-corrected chi connectivity index (χ1v) is 10.3. The molecule has 1 aliphatic rings. The summed E-state index contributed by atoms with van der Waals surface area (Å²) in [7, 11) is -3.85. The van der Waals surface area contributed by atoms with Crippen LogP contribution in [0.3, 0.4) is 0 Å². The van der Waals surface area contributed by atoms with Crippen LogP contribution in [0.1, 0.15) is 34.3 Å². The fourth-order valence-electron chi connectivity index (χ4n) is 3.13. The summed E-state index contributed by atoms with van der Waals surface area (Å²) in [5, 5.41) is 2.78. The Labute approximate surface area is 159 Å². The van der Waals surface area contributed by atoms with E-state index in [0.29, 0.717) is 6.54 Å². The molecule has 27 heavy (non-hydrogen) atoms. The summed E-state index contributed by atoms with van der Waals surface area (Å²) in [5.41, 5.74) is 2.58. The van der Waals surface area contributed by atoms with Gasteiger partial charge in [0.2, 0.25) is 5.91 Å². The third-order valence-electron chi connectivity index (χ3n) is 4.50. The average molecular weight is 386 g/mol. The van der Waals surface area contributed by atoms with Crippen molar-refractivity contribution in [1.29, 1.82) is 0 Å². The highest BCUT2D eigenvalue weighted by Gasteiger charge is 2.40. The Bertz CT molecular complexity index is 969. The zero-order chi connectivity index (χ0) is 19.4. The van der Waals surface area contributed by atoms with E-state index in [9.17, 15) is 18.0 Å². The Morgan fingerprint density at radius 2 is 1.89 bits per heavy atom. The second kappa shape index (κ2) is 7.92. The molecular formula is C20H22N2O4S. The maximum atomic E-state index is 12.4. The monoisotopic (exact) mass is 386 g/mol. The van der Waals surface area contributed by atoms with Crippen LogP contribution in [0, 0.1) is 6.92 Å². The number of hydrogen-bond acceptors (Lipinski definition) is 4. The summed E-state index contributed by atoms with van der Waals surface area (Å²) in [5.74, 6) is -0.837. The Morgan fingerprint density at radius 1 is 1.11 bits per heavy atom. The van der Waals surface area contributed by atoms with Crippen LogP contribution in [-0.2, 0) is 21.2 Å². The normalized spacial score (nSPS) is 14.9. The predicted octanol–water partition coefficient (Wildman–Crippen LogP) is 2.28. The number of hydrogen-bond donors (Lipinski definition) is 1. The number of sulfonamides is 1. The van der Waals surface area contributed by atoms with E-state index in [1.165, 1.54) is 23.3 Å². The highest BCUT2D eigenvalue weighted by atomic mass is 32.2. The molecule has 1 heterocycles. The lowest BCUT2D eigenvalue weighted by Crippen LogP contribution is -2.35. The van der Waals surface area contributed by atoms with Gasteiger partial charge in [-0.3, -0.25) is 9.59 Å². The Morgan fingerprint density at radius 3 is 2.63 bits per heavy atom. The summed E-state index contributed by atoms with van der Waals surface area (Å²) < 4.78 is 25.6. The van der Waals surface area contributed by atoms with Crippen molar-refractivity contribution < 1.29 is 18.0 Å². The van der Waals surface area contributed by atoms with Gasteiger partial charge in [0, 0.05) is 19.5 Å². The zero-order valence-corrected chi connectivity index (χ0v) is 16.0. The molecule has 0 bridgehead atoms. The standard InChI is InChI=1S/C20H22N2O4S/c1-15-6-4-7-16(14-15)8-5-12-21-19(23)11-13-22-20(24)17-9-2-3-10-18(17)27(22,25)26/h2-4,6-7,9-10,14H,5,8,11-13H2,1H3,(H,21,23). The molecule has 0 aromatic heterocycles. The molecule has 0 aliphatic carbocycles. The third kappa shape index (κ3) is 4.19. The first kappa shape index (κ1) is 19.1. The second-order valence-corrected chi connectivity index (χ2v) is 8.40. The van der Waals surface area contributed by atoms with E-state index in [0.717, 1.165) is 17.1 Å². The Balaban J connectivity index is 1.46. The number of fused-ring (bicyclic) bond motifs is 1. The van der Waals surface area contributed by atoms with Gasteiger partial charge < -0.3 is 5.32 Å². The second-order valence-electron chi connectivity index (χ2n) is 6.57. The summed E-state index contributed by atoms with van der Waals surface area (Å²) in [6.07, 6.45) is 1.60. The average Bonchev–Trinajstić information content (AvgIpc) is 2.84. The highest BCUT2D eigenvalue weighted by molar-refractivity contribution is 7.90. The number of amides is 2. The van der Waals surface area contributed by atoms with Crippen molar-refractivity contribution in [3.63, 3.8) is 0 Å². The molecule has 0 saturated heterocycles. The van der Waals surface area contributed by atoms with Crippen LogP contribution in [-0.4, -0.2) is 37.6 Å². The van der Waals surface area contributed by atoms with Crippen molar-refractivity contribution in [3.8, 4) is 0 Å². The minimum atomic E-state index is -3.85. The van der Waals surface area contributed by atoms with Crippen molar-refractivity contribution in [2.45, 2.75) is 31.1 Å². The molecule has 7 heteroatoms. The van der Waals surface area contributed by atoms with Gasteiger partial charge in [0.1, 0.15) is 4.90 Å². The molecule has 2 aromatic carbocycles. The topological polar surface area (TPSA) is 83.6 Å². The molecule has 0 saturated carbocycles. The lowest BCUT2D eigenvalue weighted by molar-refractivity contribution is -0.121. The van der Waals surface area contributed by atoms with E-state index in [4.69, 9.17) is 0 Å². The van der Waals surface area contributed by atoms with Gasteiger partial charge in [-0.15, -0.1) is 0 Å². The molecule has 0 atom stereocenters. The van der Waals surface area contributed by atoms with Gasteiger partial charge in [0.25, 0.3) is 15.9 Å². The molecular weight excluding hydrogens is 364 g/mol. The van der Waals surface area contributed by atoms with Crippen molar-refractivity contribution in [3.05, 3.63) is 65.2 Å². The summed E-state index contributed by atoms with van der Waals surface area (Å²) >= 11 is 0. The molecule has 2 amide bonds. The van der Waals surface area contributed by atoms with E-state index in [1.807, 2.05) is 19.1 Å². The molecule has 142 valence electrons. The van der Waals surface area contributed by atoms with Gasteiger partial charge in [0.05, 0.1) is 5.56 Å². The molecule has 3 rings (SSSR count). The van der Waals surface area contributed by atoms with Gasteiger partial charge in [-0.1, -0.05) is 42.0 Å². The lowest BCUT2D eigenvalue weighted by atomic mass is 10.1. The lowest BCUT2D eigenvalue weighted by Gasteiger charge is -2.14. The maximum absolute atomic E-state index is 12.4. The molecule has 1 aliphatic heterocycles. The fourth-order valence-corrected chi connectivity index (χ4v) is 4.70. The smallest absolute Gasteiger partial charge is 0.269 e. The van der Waals surface area contributed by atoms with Crippen molar-refractivity contribution in [2.75, 3.05) is 13.1 Å². The number of carbonyl (C=O) groups excluding carboxylic acids is 2. The van der Waals surface area contributed by atoms with Gasteiger partial charge in [0.15, 0.2) is 0 Å². The number of rotatable bonds is 7. The number of aryl methyl sites for hydroxylation is 2. The van der Waals surface area contributed by atoms with Crippen LogP contribution >= 0.6 is 0 Å². The van der Waals surface area contributed by atoms with Gasteiger partial charge in [-0.2, -0.15) is 0 Å². The Kier molecular flexibility index (Phi) is 5.60. The van der Waals surface area contributed by atoms with Gasteiger partial charge in [-0.25, -0.2) is 12.7 Å². The van der Waals surface area contributed by atoms with Gasteiger partial charge >= 0.3 is 0 Å². The van der Waals surface area contributed by atoms with Gasteiger partial charge in [-0.05, 0) is 37.5 Å². The minimum absolute atomic E-state index is 0.00793. The molecule has 6 nitrogen and oxygen atoms in total. The van der Waals surface area contributed by atoms with Crippen LogP contribution in [0.2, 0.25) is 0 Å². The highest BCUT2D eigenvalue weighted by Crippen LogP contribution is 2.29. The van der Waals surface area contributed by atoms with Crippen LogP contribution in [0.4, 0.5) is 0 Å². The number of nitrogens with zero attached hydrogens (tertiary/aromatic N) is 1. The van der Waals surface area contributed by atoms with E-state index in [1.54, 1.807) is 12.1 Å². The number of nitrogens with one attached hydrogen (secondary N) is 1. The number of carbonyl (C=O) groups is 2. The first-order chi connectivity index (χ1) is 12.9. The van der Waals surface area contributed by atoms with E-state index < -0.39 is 15.9 Å². The van der Waals surface area contributed by atoms with Crippen LogP contribution in [0.5, 0.6) is 0 Å². The van der Waals surface area contributed by atoms with Crippen molar-refractivity contribution in [1.82, 2.24) is 9.62 Å². The largest absolute Gasteiger partial charge is 0.356 e. The zero-order valence-electron chi connectivity index (χ0n) is 15.1. The SMILES string of the molecule is Cc1cccc(CCCNC(=O)CCN2C(=O)c3ccccc3S2(=O)=O)c1. The minimum Gasteiger partial charge on any atom is -0.356 e. The summed E-state index contributed by atoms with van der Waals surface area (Å²) in [6.45, 7) is 2.39. The predicted molar refractivity (Wildman–Crippen MR) is 102 cm³/mol. The quantitative estimate of drug-likeness (QED) is 0.740. The maximum Gasteiger partial charge on any atom is 0.269 e. The summed E-state index contributed by atoms with van der Waals surface area (Å²) in [6, 6.07) is 14.3. The third-order valence-corrected chi connectivity index (χ3v) is 6.34. The van der Waals surface area contributed by atoms with Crippen molar-refractivity contribution >= 4 is 21.8 Å². The van der Waals surface area contributed by atoms with E-state index >= 15 is 0 Å². The van der Waals surface area contributed by atoms with Crippen LogP contribution in [0.25, 0.3) is 0 Å².